The highest BCUT2D eigenvalue weighted by molar-refractivity contribution is 5.92. The summed E-state index contributed by atoms with van der Waals surface area (Å²) >= 11 is 0. The first-order valence-corrected chi connectivity index (χ1v) is 7.97. The summed E-state index contributed by atoms with van der Waals surface area (Å²) < 4.78 is 10.8. The van der Waals surface area contributed by atoms with Gasteiger partial charge in [-0.3, -0.25) is 4.79 Å². The van der Waals surface area contributed by atoms with E-state index in [4.69, 9.17) is 9.47 Å². The van der Waals surface area contributed by atoms with Crippen LogP contribution in [-0.2, 0) is 4.74 Å². The number of benzene rings is 1. The highest BCUT2D eigenvalue weighted by Gasteiger charge is 2.20. The molecule has 1 aromatic carbocycles. The minimum Gasteiger partial charge on any atom is -0.492 e. The number of amides is 1. The van der Waals surface area contributed by atoms with Gasteiger partial charge in [-0.25, -0.2) is 0 Å². The summed E-state index contributed by atoms with van der Waals surface area (Å²) in [6.07, 6.45) is 0. The van der Waals surface area contributed by atoms with Crippen molar-refractivity contribution >= 4 is 17.4 Å². The van der Waals surface area contributed by atoms with Gasteiger partial charge >= 0.3 is 0 Å². The number of ether oxygens (including phenoxy) is 2. The average molecular weight is 328 g/mol. The van der Waals surface area contributed by atoms with Crippen LogP contribution in [0.1, 0.15) is 17.4 Å². The smallest absolute Gasteiger partial charge is 0.274 e. The van der Waals surface area contributed by atoms with Crippen molar-refractivity contribution in [1.29, 1.82) is 0 Å². The van der Waals surface area contributed by atoms with Crippen molar-refractivity contribution in [3.8, 4) is 5.75 Å². The molecule has 24 heavy (non-hydrogen) atoms. The number of para-hydroxylation sites is 2. The third kappa shape index (κ3) is 3.80. The monoisotopic (exact) mass is 328 g/mol. The van der Waals surface area contributed by atoms with Crippen molar-refractivity contribution in [1.82, 2.24) is 15.1 Å². The predicted octanol–water partition coefficient (Wildman–Crippen LogP) is 2.09. The summed E-state index contributed by atoms with van der Waals surface area (Å²) in [4.78, 5) is 14.1. The van der Waals surface area contributed by atoms with Gasteiger partial charge in [0.05, 0.1) is 25.5 Å². The van der Waals surface area contributed by atoms with E-state index in [0.29, 0.717) is 44.4 Å². The fourth-order valence-corrected chi connectivity index (χ4v) is 2.43. The van der Waals surface area contributed by atoms with Crippen LogP contribution in [0.2, 0.25) is 0 Å². The third-order valence-electron chi connectivity index (χ3n) is 3.63. The second kappa shape index (κ2) is 7.74. The molecule has 0 spiro atoms. The lowest BCUT2D eigenvalue weighted by Gasteiger charge is -2.26. The van der Waals surface area contributed by atoms with Crippen molar-refractivity contribution in [2.24, 2.45) is 0 Å². The van der Waals surface area contributed by atoms with E-state index in [-0.39, 0.29) is 5.91 Å². The number of anilines is 2. The van der Waals surface area contributed by atoms with Crippen molar-refractivity contribution in [3.63, 3.8) is 0 Å². The number of nitrogens with zero attached hydrogens (tertiary/aromatic N) is 3. The number of morpholine rings is 1. The lowest BCUT2D eigenvalue weighted by atomic mass is 10.3. The van der Waals surface area contributed by atoms with Gasteiger partial charge in [-0.2, -0.15) is 0 Å². The molecule has 0 aliphatic carbocycles. The van der Waals surface area contributed by atoms with E-state index in [9.17, 15) is 4.79 Å². The largest absolute Gasteiger partial charge is 0.492 e. The van der Waals surface area contributed by atoms with Gasteiger partial charge in [0.1, 0.15) is 5.75 Å². The zero-order valence-corrected chi connectivity index (χ0v) is 13.6. The van der Waals surface area contributed by atoms with Crippen LogP contribution in [0, 0.1) is 0 Å². The lowest BCUT2D eigenvalue weighted by Crippen LogP contribution is -2.41. The summed E-state index contributed by atoms with van der Waals surface area (Å²) in [5, 5.41) is 11.3. The molecular weight excluding hydrogens is 308 g/mol. The Labute approximate surface area is 140 Å². The molecule has 0 atom stereocenters. The van der Waals surface area contributed by atoms with Gasteiger partial charge in [-0.15, -0.1) is 10.2 Å². The van der Waals surface area contributed by atoms with Crippen molar-refractivity contribution in [3.05, 3.63) is 42.1 Å². The zero-order chi connectivity index (χ0) is 16.8. The molecule has 7 nitrogen and oxygen atoms in total. The van der Waals surface area contributed by atoms with Gasteiger partial charge in [0.15, 0.2) is 11.5 Å². The van der Waals surface area contributed by atoms with E-state index in [2.05, 4.69) is 15.5 Å². The highest BCUT2D eigenvalue weighted by atomic mass is 16.5. The minimum absolute atomic E-state index is 0.118. The molecule has 1 aromatic heterocycles. The fourth-order valence-electron chi connectivity index (χ4n) is 2.43. The first-order valence-electron chi connectivity index (χ1n) is 7.97. The van der Waals surface area contributed by atoms with Gasteiger partial charge in [0, 0.05) is 13.1 Å². The van der Waals surface area contributed by atoms with Crippen LogP contribution in [0.25, 0.3) is 0 Å². The SMILES string of the molecule is CCOc1ccccc1Nc1ccc(C(=O)N2CCOCC2)nn1. The summed E-state index contributed by atoms with van der Waals surface area (Å²) in [6, 6.07) is 11.0. The molecule has 1 aliphatic heterocycles. The molecule has 1 amide bonds. The van der Waals surface area contributed by atoms with Crippen LogP contribution in [0.15, 0.2) is 36.4 Å². The first-order chi connectivity index (χ1) is 11.8. The van der Waals surface area contributed by atoms with E-state index in [1.165, 1.54) is 0 Å². The molecule has 0 bridgehead atoms. The number of carbonyl (C=O) groups excluding carboxylic acids is 1. The Balaban J connectivity index is 1.69. The van der Waals surface area contributed by atoms with Gasteiger partial charge in [-0.05, 0) is 31.2 Å². The molecule has 0 radical (unpaired) electrons. The molecule has 2 heterocycles. The summed E-state index contributed by atoms with van der Waals surface area (Å²) in [6.45, 7) is 4.81. The maximum absolute atomic E-state index is 12.3. The predicted molar refractivity (Wildman–Crippen MR) is 89.6 cm³/mol. The van der Waals surface area contributed by atoms with Crippen molar-refractivity contribution in [2.45, 2.75) is 6.92 Å². The third-order valence-corrected chi connectivity index (χ3v) is 3.63. The fraction of sp³-hybridized carbons (Fsp3) is 0.353. The number of hydrogen-bond acceptors (Lipinski definition) is 6. The Morgan fingerprint density at radius 1 is 1.21 bits per heavy atom. The molecule has 1 N–H and O–H groups in total. The second-order valence-electron chi connectivity index (χ2n) is 5.26. The van der Waals surface area contributed by atoms with Crippen LogP contribution in [0.5, 0.6) is 5.75 Å². The molecule has 2 aromatic rings. The van der Waals surface area contributed by atoms with Crippen molar-refractivity contribution < 1.29 is 14.3 Å². The first kappa shape index (κ1) is 16.2. The molecule has 1 fully saturated rings. The van der Waals surface area contributed by atoms with Crippen LogP contribution in [-0.4, -0.2) is 53.9 Å². The van der Waals surface area contributed by atoms with Crippen molar-refractivity contribution in [2.75, 3.05) is 38.2 Å². The van der Waals surface area contributed by atoms with E-state index in [1.54, 1.807) is 17.0 Å². The summed E-state index contributed by atoms with van der Waals surface area (Å²) in [7, 11) is 0. The quantitative estimate of drug-likeness (QED) is 0.906. The van der Waals surface area contributed by atoms with Crippen LogP contribution < -0.4 is 10.1 Å². The van der Waals surface area contributed by atoms with E-state index in [0.717, 1.165) is 11.4 Å². The van der Waals surface area contributed by atoms with E-state index < -0.39 is 0 Å². The highest BCUT2D eigenvalue weighted by Crippen LogP contribution is 2.26. The molecule has 3 rings (SSSR count). The Morgan fingerprint density at radius 2 is 2.00 bits per heavy atom. The Bertz CT molecular complexity index is 684. The number of aromatic nitrogens is 2. The maximum Gasteiger partial charge on any atom is 0.274 e. The molecular formula is C17H20N4O3. The maximum atomic E-state index is 12.3. The van der Waals surface area contributed by atoms with Gasteiger partial charge in [0.25, 0.3) is 5.91 Å². The number of rotatable bonds is 5. The van der Waals surface area contributed by atoms with E-state index >= 15 is 0 Å². The number of nitrogens with one attached hydrogen (secondary N) is 1. The Kier molecular flexibility index (Phi) is 5.22. The molecule has 0 unspecified atom stereocenters. The van der Waals surface area contributed by atoms with E-state index in [1.807, 2.05) is 31.2 Å². The normalized spacial score (nSPS) is 14.3. The number of carbonyl (C=O) groups is 1. The van der Waals surface area contributed by atoms with Crippen LogP contribution >= 0.6 is 0 Å². The lowest BCUT2D eigenvalue weighted by molar-refractivity contribution is 0.0298. The zero-order valence-electron chi connectivity index (χ0n) is 13.6. The van der Waals surface area contributed by atoms with Gasteiger partial charge < -0.3 is 19.7 Å². The minimum atomic E-state index is -0.118. The van der Waals surface area contributed by atoms with Gasteiger partial charge in [0.2, 0.25) is 0 Å². The molecule has 126 valence electrons. The molecule has 7 heteroatoms. The van der Waals surface area contributed by atoms with Crippen LogP contribution in [0.3, 0.4) is 0 Å². The second-order valence-corrected chi connectivity index (χ2v) is 5.26. The topological polar surface area (TPSA) is 76.6 Å². The van der Waals surface area contributed by atoms with Gasteiger partial charge in [-0.1, -0.05) is 12.1 Å². The standard InChI is InChI=1S/C17H20N4O3/c1-2-24-15-6-4-3-5-13(15)18-16-8-7-14(19-20-16)17(22)21-9-11-23-12-10-21/h3-8H,2,9-12H2,1H3,(H,18,20). The molecule has 1 aliphatic rings. The Hall–Kier alpha value is -2.67. The average Bonchev–Trinajstić information content (AvgIpc) is 2.64. The molecule has 0 saturated carbocycles. The Morgan fingerprint density at radius 3 is 2.71 bits per heavy atom. The number of hydrogen-bond donors (Lipinski definition) is 1. The van der Waals surface area contributed by atoms with Crippen LogP contribution in [0.4, 0.5) is 11.5 Å². The summed E-state index contributed by atoms with van der Waals surface area (Å²) in [5.74, 6) is 1.18. The molecule has 1 saturated heterocycles. The summed E-state index contributed by atoms with van der Waals surface area (Å²) in [5.41, 5.74) is 1.14.